The molecule has 2 aromatic heterocycles. The van der Waals surface area contributed by atoms with Crippen LogP contribution in [0.4, 0.5) is 18.9 Å². The van der Waals surface area contributed by atoms with E-state index in [1.54, 1.807) is 20.1 Å². The molecule has 14 nitrogen and oxygen atoms in total. The predicted octanol–water partition coefficient (Wildman–Crippen LogP) is 7.92. The Morgan fingerprint density at radius 3 is 2.48 bits per heavy atom. The topological polar surface area (TPSA) is 178 Å². The quantitative estimate of drug-likeness (QED) is 0.125. The van der Waals surface area contributed by atoms with Crippen molar-refractivity contribution < 1.29 is 50.2 Å². The van der Waals surface area contributed by atoms with Crippen molar-refractivity contribution in [3.8, 4) is 28.0 Å². The van der Waals surface area contributed by atoms with Crippen LogP contribution in [0.5, 0.6) is 17.2 Å². The summed E-state index contributed by atoms with van der Waals surface area (Å²) in [6.07, 6.45) is 2.18. The van der Waals surface area contributed by atoms with Gasteiger partial charge in [-0.05, 0) is 94.7 Å². The first-order chi connectivity index (χ1) is 30.8. The number of carbonyl (C=O) groups is 3. The third-order valence-electron chi connectivity index (χ3n) is 12.9. The number of pyridine rings is 1. The van der Waals surface area contributed by atoms with Crippen LogP contribution in [0.15, 0.2) is 60.0 Å². The molecule has 4 heterocycles. The molecule has 2 aliphatic heterocycles. The fourth-order valence-electron chi connectivity index (χ4n) is 8.56. The number of hydrogen-bond donors (Lipinski definition) is 3. The fraction of sp³-hybridized carbons (Fsp3) is 0.500. The number of halogens is 3. The number of ether oxygens (including phenoxy) is 3. The minimum absolute atomic E-state index is 0.00534. The fourth-order valence-corrected chi connectivity index (χ4v) is 10.8. The first-order valence-electron chi connectivity index (χ1n) is 21.9. The summed E-state index contributed by atoms with van der Waals surface area (Å²) < 4.78 is 83.2. The Balaban J connectivity index is 1.15. The van der Waals surface area contributed by atoms with E-state index in [0.717, 1.165) is 36.2 Å². The summed E-state index contributed by atoms with van der Waals surface area (Å²) in [5.41, 5.74) is 1.65. The zero-order valence-corrected chi connectivity index (χ0v) is 38.4. The molecule has 5 atom stereocenters. The number of thiazole rings is 1. The van der Waals surface area contributed by atoms with Gasteiger partial charge in [-0.25, -0.2) is 18.4 Å². The van der Waals surface area contributed by atoms with Gasteiger partial charge in [-0.3, -0.25) is 19.1 Å². The number of fused-ring (bicyclic) bond motifs is 3. The van der Waals surface area contributed by atoms with E-state index < -0.39 is 74.2 Å². The second-order valence-corrected chi connectivity index (χ2v) is 21.1. The molecule has 2 aliphatic carbocycles. The third-order valence-corrected chi connectivity index (χ3v) is 15.9. The maximum atomic E-state index is 15.0. The number of nitrogens with zero attached hydrogens (tertiary/aromatic N) is 3. The first-order valence-corrected chi connectivity index (χ1v) is 24.2. The van der Waals surface area contributed by atoms with Crippen LogP contribution >= 0.6 is 11.3 Å². The Kier molecular flexibility index (Phi) is 12.6. The Labute approximate surface area is 379 Å². The molecule has 65 heavy (non-hydrogen) atoms. The molecule has 0 bridgehead atoms. The Hall–Kier alpha value is -5.43. The molecule has 2 saturated carbocycles. The van der Waals surface area contributed by atoms with E-state index in [-0.39, 0.29) is 25.3 Å². The number of aromatic nitrogens is 2. The normalized spacial score (nSPS) is 25.1. The van der Waals surface area contributed by atoms with Crippen LogP contribution in [-0.2, 0) is 24.4 Å². The van der Waals surface area contributed by atoms with Crippen LogP contribution in [0.1, 0.15) is 95.7 Å². The maximum Gasteiger partial charge on any atom is 0.573 e. The number of hydrogen-bond acceptors (Lipinski definition) is 12. The summed E-state index contributed by atoms with van der Waals surface area (Å²) in [7, 11) is -2.47. The van der Waals surface area contributed by atoms with E-state index >= 15 is 0 Å². The number of alkyl halides is 3. The van der Waals surface area contributed by atoms with E-state index in [1.165, 1.54) is 28.4 Å². The Bertz CT molecular complexity index is 2620. The summed E-state index contributed by atoms with van der Waals surface area (Å²) in [6.45, 7) is 7.53. The summed E-state index contributed by atoms with van der Waals surface area (Å²) >= 11 is 1.45. The summed E-state index contributed by atoms with van der Waals surface area (Å²) in [5.74, 6) is -1.61. The molecule has 3 fully saturated rings. The highest BCUT2D eigenvalue weighted by molar-refractivity contribution is 7.91. The summed E-state index contributed by atoms with van der Waals surface area (Å²) in [6, 6.07) is 8.43. The van der Waals surface area contributed by atoms with Gasteiger partial charge in [0, 0.05) is 40.4 Å². The molecule has 3 N–H and O–H groups in total. The molecule has 0 unspecified atom stereocenters. The number of allylic oxidation sites excluding steroid dienone is 1. The molecule has 3 amide bonds. The minimum atomic E-state index is -4.88. The highest BCUT2D eigenvalue weighted by Crippen LogP contribution is 2.48. The number of carbonyl (C=O) groups excluding carboxylic acids is 3. The molecule has 4 aliphatic rings. The van der Waals surface area contributed by atoms with Gasteiger partial charge < -0.3 is 29.7 Å². The monoisotopic (exact) mass is 938 g/mol. The highest BCUT2D eigenvalue weighted by atomic mass is 32.2. The van der Waals surface area contributed by atoms with Crippen LogP contribution in [0.2, 0.25) is 0 Å². The van der Waals surface area contributed by atoms with Crippen molar-refractivity contribution >= 4 is 55.7 Å². The van der Waals surface area contributed by atoms with Gasteiger partial charge >= 0.3 is 6.36 Å². The van der Waals surface area contributed by atoms with E-state index in [2.05, 4.69) is 33.9 Å². The molecular weight excluding hydrogens is 886 g/mol. The van der Waals surface area contributed by atoms with Gasteiger partial charge in [0.15, 0.2) is 0 Å². The molecular formula is C46H53F3N6O8S2. The van der Waals surface area contributed by atoms with Gasteiger partial charge in [-0.15, -0.1) is 24.5 Å². The van der Waals surface area contributed by atoms with Crippen LogP contribution in [0, 0.1) is 12.8 Å². The number of sulfonamides is 1. The van der Waals surface area contributed by atoms with Crippen molar-refractivity contribution in [3.05, 3.63) is 71.3 Å². The van der Waals surface area contributed by atoms with Crippen molar-refractivity contribution in [2.45, 2.75) is 126 Å². The molecule has 4 aromatic rings. The summed E-state index contributed by atoms with van der Waals surface area (Å²) in [4.78, 5) is 55.0. The van der Waals surface area contributed by atoms with E-state index in [9.17, 15) is 36.0 Å². The van der Waals surface area contributed by atoms with Crippen LogP contribution in [-0.4, -0.2) is 89.5 Å². The van der Waals surface area contributed by atoms with Crippen molar-refractivity contribution in [1.29, 1.82) is 0 Å². The van der Waals surface area contributed by atoms with Gasteiger partial charge in [-0.1, -0.05) is 38.8 Å². The number of aryl methyl sites for hydroxylation is 1. The molecule has 348 valence electrons. The van der Waals surface area contributed by atoms with E-state index in [1.807, 2.05) is 36.6 Å². The second kappa shape index (κ2) is 17.8. The number of nitrogens with one attached hydrogen (secondary N) is 3. The predicted molar refractivity (Wildman–Crippen MR) is 239 cm³/mol. The number of methoxy groups -OCH3 is 1. The van der Waals surface area contributed by atoms with Gasteiger partial charge in [0.2, 0.25) is 21.8 Å². The van der Waals surface area contributed by atoms with Gasteiger partial charge in [0.25, 0.3) is 5.91 Å². The lowest BCUT2D eigenvalue weighted by molar-refractivity contribution is -0.274. The number of benzene rings is 2. The molecule has 0 radical (unpaired) electrons. The summed E-state index contributed by atoms with van der Waals surface area (Å²) in [5, 5.41) is 9.45. The highest BCUT2D eigenvalue weighted by Gasteiger charge is 2.63. The molecule has 1 saturated heterocycles. The smallest absolute Gasteiger partial charge is 0.496 e. The van der Waals surface area contributed by atoms with Crippen molar-refractivity contribution in [3.63, 3.8) is 0 Å². The van der Waals surface area contributed by atoms with Gasteiger partial charge in [0.05, 0.1) is 29.6 Å². The zero-order chi connectivity index (χ0) is 46.5. The first kappa shape index (κ1) is 46.1. The molecule has 19 heteroatoms. The van der Waals surface area contributed by atoms with Crippen LogP contribution in [0.3, 0.4) is 0 Å². The van der Waals surface area contributed by atoms with Gasteiger partial charge in [0.1, 0.15) is 51.7 Å². The molecule has 0 spiro atoms. The van der Waals surface area contributed by atoms with Crippen LogP contribution in [0.25, 0.3) is 21.6 Å². The lowest BCUT2D eigenvalue weighted by Crippen LogP contribution is -2.58. The number of amides is 3. The van der Waals surface area contributed by atoms with E-state index in [4.69, 9.17) is 19.4 Å². The minimum Gasteiger partial charge on any atom is -0.496 e. The van der Waals surface area contributed by atoms with E-state index in [0.29, 0.717) is 70.9 Å². The largest absolute Gasteiger partial charge is 0.573 e. The Morgan fingerprint density at radius 1 is 1.05 bits per heavy atom. The average molecular weight is 939 g/mol. The SMILES string of the molecule is COc1ccc2c(O[C@@H]3C[C@H]4C(=O)N[C@]5(C(=O)NS(=O)(=O)C6(C)CC6)C[C@H]5/C=C\CCCCC[C@H](Nc5ccc(OC(F)(F)F)cc5)C(=O)N4C3)cc(-c3nc(C(C)C)cs3)nc2c1C. The van der Waals surface area contributed by atoms with Crippen molar-refractivity contribution in [2.24, 2.45) is 5.92 Å². The number of rotatable bonds is 11. The third kappa shape index (κ3) is 9.76. The zero-order valence-electron chi connectivity index (χ0n) is 36.8. The second-order valence-electron chi connectivity index (χ2n) is 18.0. The van der Waals surface area contributed by atoms with Gasteiger partial charge in [-0.2, -0.15) is 0 Å². The lowest BCUT2D eigenvalue weighted by Gasteiger charge is -2.30. The van der Waals surface area contributed by atoms with Crippen molar-refractivity contribution in [1.82, 2.24) is 24.9 Å². The molecule has 8 rings (SSSR count). The van der Waals surface area contributed by atoms with Crippen molar-refractivity contribution in [2.75, 3.05) is 19.0 Å². The van der Waals surface area contributed by atoms with Crippen LogP contribution < -0.4 is 29.6 Å². The Morgan fingerprint density at radius 2 is 1.80 bits per heavy atom. The lowest BCUT2D eigenvalue weighted by atomic mass is 10.0. The standard InChI is InChI=1S/C46H53F3N6O8S2/c1-26(2)35-25-64-41(52-35)34-22-38(32-17-18-37(61-5)27(3)39(32)51-34)62-31-21-36-40(56)53-45(43(58)54-65(59,60)44(4)19-20-44)23-28(45)11-9-7-6-8-10-12-33(42(57)55(36)24-31)50-29-13-15-30(16-14-29)63-46(47,48)49/h9,11,13-18,22,25-26,28,31,33,36,50H,6-8,10,12,19-21,23-24H2,1-5H3,(H,53,56)(H,54,58)/b11-9-/t28-,31-,33+,36+,45-/m1/s1. The average Bonchev–Trinajstić information content (AvgIpc) is 4.02. The maximum absolute atomic E-state index is 15.0. The number of anilines is 1. The molecule has 2 aromatic carbocycles.